The lowest BCUT2D eigenvalue weighted by atomic mass is 10.5. The third-order valence-corrected chi connectivity index (χ3v) is 4.15. The molecule has 0 N–H and O–H groups in total. The van der Waals surface area contributed by atoms with Crippen molar-refractivity contribution < 1.29 is 23.9 Å². The van der Waals surface area contributed by atoms with Crippen molar-refractivity contribution in [1.82, 2.24) is 9.80 Å². The van der Waals surface area contributed by atoms with Crippen molar-refractivity contribution in [2.45, 2.75) is 0 Å². The van der Waals surface area contributed by atoms with Gasteiger partial charge in [0.15, 0.2) is 0 Å². The van der Waals surface area contributed by atoms with E-state index in [1.54, 1.807) is 0 Å². The van der Waals surface area contributed by atoms with Gasteiger partial charge in [-0.3, -0.25) is 19.2 Å². The lowest BCUT2D eigenvalue weighted by Crippen LogP contribution is -2.31. The van der Waals surface area contributed by atoms with Gasteiger partial charge in [0.05, 0.1) is 26.3 Å². The van der Waals surface area contributed by atoms with Gasteiger partial charge in [0.25, 0.3) is 10.5 Å². The second-order valence-corrected chi connectivity index (χ2v) is 5.95. The van der Waals surface area contributed by atoms with Crippen LogP contribution in [0.15, 0.2) is 0 Å². The molecule has 0 atom stereocenters. The van der Waals surface area contributed by atoms with Crippen molar-refractivity contribution in [3.8, 4) is 0 Å². The van der Waals surface area contributed by atoms with Gasteiger partial charge in [-0.25, -0.2) is 0 Å². The second-order valence-electron chi connectivity index (χ2n) is 3.94. The first-order valence-electron chi connectivity index (χ1n) is 5.63. The second kappa shape index (κ2) is 6.40. The Kier molecular flexibility index (Phi) is 4.83. The molecule has 19 heavy (non-hydrogen) atoms. The van der Waals surface area contributed by atoms with Crippen molar-refractivity contribution in [3.05, 3.63) is 0 Å². The molecule has 2 fully saturated rings. The summed E-state index contributed by atoms with van der Waals surface area (Å²) in [5.41, 5.74) is 0. The van der Waals surface area contributed by atoms with E-state index in [9.17, 15) is 19.2 Å². The summed E-state index contributed by atoms with van der Waals surface area (Å²) in [6.07, 6.45) is 0. The number of thioether (sulfide) groups is 2. The number of hydrogen-bond acceptors (Lipinski definition) is 7. The molecule has 2 aliphatic heterocycles. The molecule has 0 unspecified atom stereocenters. The van der Waals surface area contributed by atoms with Gasteiger partial charge in [-0.2, -0.15) is 0 Å². The van der Waals surface area contributed by atoms with Crippen LogP contribution in [-0.2, 0) is 14.3 Å². The normalized spacial score (nSPS) is 20.0. The van der Waals surface area contributed by atoms with Crippen molar-refractivity contribution in [3.63, 3.8) is 0 Å². The maximum atomic E-state index is 11.3. The Morgan fingerprint density at radius 3 is 1.58 bits per heavy atom. The van der Waals surface area contributed by atoms with E-state index in [1.165, 1.54) is 9.80 Å². The van der Waals surface area contributed by atoms with Crippen LogP contribution in [0.4, 0.5) is 9.59 Å². The zero-order valence-corrected chi connectivity index (χ0v) is 11.6. The summed E-state index contributed by atoms with van der Waals surface area (Å²) in [4.78, 5) is 47.3. The molecule has 2 saturated heterocycles. The number of nitrogens with zero attached hydrogens (tertiary/aromatic N) is 2. The molecule has 0 bridgehead atoms. The highest BCUT2D eigenvalue weighted by Gasteiger charge is 2.29. The first kappa shape index (κ1) is 14.4. The van der Waals surface area contributed by atoms with Crippen LogP contribution < -0.4 is 0 Å². The highest BCUT2D eigenvalue weighted by atomic mass is 32.2. The van der Waals surface area contributed by atoms with Crippen LogP contribution in [0.25, 0.3) is 0 Å². The van der Waals surface area contributed by atoms with Gasteiger partial charge >= 0.3 is 0 Å². The number of amides is 2. The molecule has 0 aromatic heterocycles. The van der Waals surface area contributed by atoms with Gasteiger partial charge < -0.3 is 14.5 Å². The first-order chi connectivity index (χ1) is 9.06. The fraction of sp³-hybridized carbons (Fsp3) is 0.600. The Balaban J connectivity index is 1.58. The number of hydrogen-bond donors (Lipinski definition) is 0. The van der Waals surface area contributed by atoms with Crippen molar-refractivity contribution >= 4 is 44.2 Å². The van der Waals surface area contributed by atoms with E-state index < -0.39 is 0 Å². The third kappa shape index (κ3) is 3.95. The van der Waals surface area contributed by atoms with Gasteiger partial charge in [-0.1, -0.05) is 0 Å². The highest BCUT2D eigenvalue weighted by molar-refractivity contribution is 8.26. The third-order valence-electron chi connectivity index (χ3n) is 2.57. The van der Waals surface area contributed by atoms with Crippen LogP contribution in [0.2, 0.25) is 0 Å². The quantitative estimate of drug-likeness (QED) is 0.656. The van der Waals surface area contributed by atoms with E-state index in [4.69, 9.17) is 4.74 Å². The molecule has 0 saturated carbocycles. The number of ether oxygens (including phenoxy) is 1. The zero-order chi connectivity index (χ0) is 13.8. The van der Waals surface area contributed by atoms with Crippen LogP contribution in [-0.4, -0.2) is 69.9 Å². The molecule has 2 aliphatic rings. The molecule has 0 aliphatic carbocycles. The first-order valence-corrected chi connectivity index (χ1v) is 7.26. The minimum Gasteiger partial charge on any atom is -0.378 e. The van der Waals surface area contributed by atoms with Gasteiger partial charge in [0.2, 0.25) is 10.2 Å². The summed E-state index contributed by atoms with van der Waals surface area (Å²) in [5.74, 6) is 0. The number of carbonyl (C=O) groups is 4. The van der Waals surface area contributed by atoms with E-state index >= 15 is 0 Å². The summed E-state index contributed by atoms with van der Waals surface area (Å²) in [6, 6.07) is 0. The summed E-state index contributed by atoms with van der Waals surface area (Å²) < 4.78 is 5.30. The number of carbonyl (C=O) groups excluding carboxylic acids is 4. The summed E-state index contributed by atoms with van der Waals surface area (Å²) in [6.45, 7) is 1.59. The monoisotopic (exact) mass is 304 g/mol. The van der Waals surface area contributed by atoms with Crippen molar-refractivity contribution in [2.75, 3.05) is 39.4 Å². The van der Waals surface area contributed by atoms with Crippen LogP contribution in [0.1, 0.15) is 0 Å². The smallest absolute Gasteiger partial charge is 0.289 e. The van der Waals surface area contributed by atoms with Gasteiger partial charge in [0.1, 0.15) is 0 Å². The van der Waals surface area contributed by atoms with E-state index in [-0.39, 0.29) is 33.8 Å². The molecule has 0 aromatic rings. The summed E-state index contributed by atoms with van der Waals surface area (Å²) >= 11 is 1.43. The topological polar surface area (TPSA) is 84.0 Å². The molecular formula is C10H12N2O5S2. The lowest BCUT2D eigenvalue weighted by Gasteiger charge is -2.15. The Hall–Kier alpha value is -1.06. The standard InChI is InChI=1S/C10H12N2O5S2/c13-7-5-11(9(15)18-7)1-3-17-4-2-12-6-8(14)19-10(12)16/h1-6H2. The molecule has 7 nitrogen and oxygen atoms in total. The molecule has 0 spiro atoms. The Bertz CT molecular complexity index is 390. The van der Waals surface area contributed by atoms with Crippen molar-refractivity contribution in [2.24, 2.45) is 0 Å². The van der Waals surface area contributed by atoms with Gasteiger partial charge in [-0.15, -0.1) is 0 Å². The maximum Gasteiger partial charge on any atom is 0.289 e. The van der Waals surface area contributed by atoms with Crippen LogP contribution in [0, 0.1) is 0 Å². The molecule has 2 heterocycles. The van der Waals surface area contributed by atoms with Crippen LogP contribution in [0.3, 0.4) is 0 Å². The minimum atomic E-state index is -0.245. The van der Waals surface area contributed by atoms with Gasteiger partial charge in [-0.05, 0) is 0 Å². The maximum absolute atomic E-state index is 11.3. The average molecular weight is 304 g/mol. The Morgan fingerprint density at radius 1 is 0.842 bits per heavy atom. The van der Waals surface area contributed by atoms with Crippen molar-refractivity contribution in [1.29, 1.82) is 0 Å². The summed E-state index contributed by atoms with van der Waals surface area (Å²) in [7, 11) is 0. The molecule has 9 heteroatoms. The van der Waals surface area contributed by atoms with Crippen LogP contribution in [0.5, 0.6) is 0 Å². The fourth-order valence-electron chi connectivity index (χ4n) is 1.62. The highest BCUT2D eigenvalue weighted by Crippen LogP contribution is 2.19. The zero-order valence-electron chi connectivity index (χ0n) is 9.99. The Labute approximate surface area is 118 Å². The van der Waals surface area contributed by atoms with E-state index in [0.717, 1.165) is 0 Å². The van der Waals surface area contributed by atoms with E-state index in [0.29, 0.717) is 49.8 Å². The molecule has 0 radical (unpaired) electrons. The van der Waals surface area contributed by atoms with Crippen LogP contribution >= 0.6 is 23.5 Å². The summed E-state index contributed by atoms with van der Waals surface area (Å²) in [5, 5.41) is -0.790. The predicted molar refractivity (Wildman–Crippen MR) is 70.0 cm³/mol. The molecule has 0 aromatic carbocycles. The lowest BCUT2D eigenvalue weighted by molar-refractivity contribution is -0.111. The van der Waals surface area contributed by atoms with E-state index in [2.05, 4.69) is 0 Å². The average Bonchev–Trinajstić information content (AvgIpc) is 2.81. The Morgan fingerprint density at radius 2 is 1.26 bits per heavy atom. The minimum absolute atomic E-state index is 0.128. The molecule has 104 valence electrons. The van der Waals surface area contributed by atoms with Gasteiger partial charge in [0, 0.05) is 36.6 Å². The molecule has 2 amide bonds. The number of rotatable bonds is 6. The van der Waals surface area contributed by atoms with E-state index in [1.807, 2.05) is 0 Å². The largest absolute Gasteiger partial charge is 0.378 e. The molecule has 2 rings (SSSR count). The molecular weight excluding hydrogens is 292 g/mol. The predicted octanol–water partition coefficient (Wildman–Crippen LogP) is 0.394. The SMILES string of the molecule is O=C1CN(CCOCCN2CC(=O)SC2=O)C(=O)S1. The fourth-order valence-corrected chi connectivity index (χ4v) is 3.02.